The maximum absolute atomic E-state index is 13.3. The summed E-state index contributed by atoms with van der Waals surface area (Å²) in [7, 11) is 1.53. The van der Waals surface area contributed by atoms with Gasteiger partial charge in [-0.1, -0.05) is 36.4 Å². The lowest BCUT2D eigenvalue weighted by molar-refractivity contribution is -0.140. The highest BCUT2D eigenvalue weighted by Crippen LogP contribution is 2.43. The van der Waals surface area contributed by atoms with Crippen LogP contribution in [-0.2, 0) is 16.1 Å². The van der Waals surface area contributed by atoms with Crippen molar-refractivity contribution in [2.45, 2.75) is 33.4 Å². The van der Waals surface area contributed by atoms with Crippen LogP contribution in [0.2, 0.25) is 0 Å². The Labute approximate surface area is 191 Å². The lowest BCUT2D eigenvalue weighted by atomic mass is 9.91. The Kier molecular flexibility index (Phi) is 5.89. The highest BCUT2D eigenvalue weighted by atomic mass is 32.1. The standard InChI is InChI=1S/C26H25NO4S/c1-15-12-17(3)25(31-4)20(13-15)23(28)21-22(19-10-6-5-8-16(19)2)27(26(30)24(21)29)14-18-9-7-11-32-18/h5-13,22,28H,14H2,1-4H3/b23-21+. The molecule has 5 nitrogen and oxygen atoms in total. The zero-order chi connectivity index (χ0) is 23.0. The number of nitrogens with zero attached hydrogens (tertiary/aromatic N) is 1. The minimum absolute atomic E-state index is 0.0872. The van der Waals surface area contributed by atoms with Gasteiger partial charge in [-0.05, 0) is 60.5 Å². The van der Waals surface area contributed by atoms with E-state index in [0.29, 0.717) is 17.9 Å². The van der Waals surface area contributed by atoms with Gasteiger partial charge in [0.2, 0.25) is 0 Å². The molecule has 4 rings (SSSR count). The molecular weight excluding hydrogens is 422 g/mol. The van der Waals surface area contributed by atoms with Gasteiger partial charge < -0.3 is 14.7 Å². The van der Waals surface area contributed by atoms with Gasteiger partial charge in [0.05, 0.1) is 30.8 Å². The molecule has 1 saturated heterocycles. The molecule has 0 saturated carbocycles. The number of likely N-dealkylation sites (tertiary alicyclic amines) is 1. The number of hydrogen-bond acceptors (Lipinski definition) is 5. The zero-order valence-electron chi connectivity index (χ0n) is 18.5. The largest absolute Gasteiger partial charge is 0.507 e. The predicted octanol–water partition coefficient (Wildman–Crippen LogP) is 5.30. The number of Topliss-reactive ketones (excluding diaryl/α,β-unsaturated/α-hetero) is 1. The van der Waals surface area contributed by atoms with Crippen LogP contribution in [0.5, 0.6) is 5.75 Å². The van der Waals surface area contributed by atoms with Crippen LogP contribution in [0.3, 0.4) is 0 Å². The van der Waals surface area contributed by atoms with Crippen molar-refractivity contribution >= 4 is 28.8 Å². The van der Waals surface area contributed by atoms with Crippen LogP contribution in [0.1, 0.15) is 38.7 Å². The number of hydrogen-bond donors (Lipinski definition) is 1. The molecule has 1 aliphatic heterocycles. The molecule has 0 spiro atoms. The van der Waals surface area contributed by atoms with Crippen LogP contribution < -0.4 is 4.74 Å². The third kappa shape index (κ3) is 3.71. The van der Waals surface area contributed by atoms with E-state index in [9.17, 15) is 14.7 Å². The molecule has 164 valence electrons. The second-order valence-electron chi connectivity index (χ2n) is 8.03. The lowest BCUT2D eigenvalue weighted by Gasteiger charge is -2.26. The van der Waals surface area contributed by atoms with E-state index in [-0.39, 0.29) is 11.3 Å². The molecule has 0 radical (unpaired) electrons. The van der Waals surface area contributed by atoms with E-state index in [2.05, 4.69) is 0 Å². The van der Waals surface area contributed by atoms with Gasteiger partial charge in [-0.2, -0.15) is 0 Å². The van der Waals surface area contributed by atoms with Crippen LogP contribution in [0.15, 0.2) is 59.5 Å². The number of aliphatic hydroxyl groups is 1. The molecule has 6 heteroatoms. The van der Waals surface area contributed by atoms with Gasteiger partial charge in [0.25, 0.3) is 11.7 Å². The van der Waals surface area contributed by atoms with Crippen LogP contribution in [-0.4, -0.2) is 28.8 Å². The summed E-state index contributed by atoms with van der Waals surface area (Å²) in [5, 5.41) is 13.4. The van der Waals surface area contributed by atoms with Gasteiger partial charge in [-0.25, -0.2) is 0 Å². The number of amides is 1. The SMILES string of the molecule is COc1c(C)cc(C)cc1/C(O)=C1\C(=O)C(=O)N(Cc2cccs2)C1c1ccccc1C. The van der Waals surface area contributed by atoms with Crippen LogP contribution in [0, 0.1) is 20.8 Å². The normalized spacial score (nSPS) is 17.8. The number of methoxy groups -OCH3 is 1. The van der Waals surface area contributed by atoms with Gasteiger partial charge in [-0.3, -0.25) is 9.59 Å². The second kappa shape index (κ2) is 8.63. The number of carbonyl (C=O) groups is 2. The minimum atomic E-state index is -0.691. The summed E-state index contributed by atoms with van der Waals surface area (Å²) in [5.41, 5.74) is 4.02. The Morgan fingerprint density at radius 2 is 1.81 bits per heavy atom. The Bertz CT molecular complexity index is 1230. The Morgan fingerprint density at radius 1 is 1.06 bits per heavy atom. The number of benzene rings is 2. The van der Waals surface area contributed by atoms with Gasteiger partial charge in [0, 0.05) is 4.88 Å². The van der Waals surface area contributed by atoms with E-state index in [0.717, 1.165) is 27.1 Å². The number of aryl methyl sites for hydroxylation is 3. The van der Waals surface area contributed by atoms with Gasteiger partial charge in [0.1, 0.15) is 11.5 Å². The smallest absolute Gasteiger partial charge is 0.295 e. The van der Waals surface area contributed by atoms with Crippen molar-refractivity contribution in [2.75, 3.05) is 7.11 Å². The van der Waals surface area contributed by atoms with Crippen molar-refractivity contribution < 1.29 is 19.4 Å². The Morgan fingerprint density at radius 3 is 2.47 bits per heavy atom. The fourth-order valence-corrected chi connectivity index (χ4v) is 5.08. The monoisotopic (exact) mass is 447 g/mol. The molecule has 0 aliphatic carbocycles. The van der Waals surface area contributed by atoms with Crippen LogP contribution in [0.25, 0.3) is 5.76 Å². The predicted molar refractivity (Wildman–Crippen MR) is 126 cm³/mol. The van der Waals surface area contributed by atoms with E-state index >= 15 is 0 Å². The summed E-state index contributed by atoms with van der Waals surface area (Å²) >= 11 is 1.53. The Hall–Kier alpha value is -3.38. The first-order valence-corrected chi connectivity index (χ1v) is 11.2. The van der Waals surface area contributed by atoms with Crippen molar-refractivity contribution in [3.8, 4) is 5.75 Å². The van der Waals surface area contributed by atoms with Gasteiger partial charge in [0.15, 0.2) is 0 Å². The molecular formula is C26H25NO4S. The molecule has 2 aromatic carbocycles. The molecule has 3 aromatic rings. The molecule has 1 amide bonds. The quantitative estimate of drug-likeness (QED) is 0.327. The first-order valence-electron chi connectivity index (χ1n) is 10.4. The van der Waals surface area contributed by atoms with Crippen LogP contribution in [0.4, 0.5) is 0 Å². The number of carbonyl (C=O) groups excluding carboxylic acids is 2. The molecule has 1 atom stereocenters. The summed E-state index contributed by atoms with van der Waals surface area (Å²) in [6.07, 6.45) is 0. The third-order valence-electron chi connectivity index (χ3n) is 5.81. The molecule has 1 N–H and O–H groups in total. The molecule has 1 unspecified atom stereocenters. The summed E-state index contributed by atoms with van der Waals surface area (Å²) < 4.78 is 5.55. The average molecular weight is 448 g/mol. The maximum Gasteiger partial charge on any atom is 0.295 e. The Balaban J connectivity index is 1.96. The number of thiophene rings is 1. The van der Waals surface area contributed by atoms with E-state index in [1.165, 1.54) is 18.4 Å². The van der Waals surface area contributed by atoms with Crippen molar-refractivity contribution in [1.82, 2.24) is 4.90 Å². The van der Waals surface area contributed by atoms with E-state index < -0.39 is 17.7 Å². The van der Waals surface area contributed by atoms with Crippen molar-refractivity contribution in [1.29, 1.82) is 0 Å². The first kappa shape index (κ1) is 21.8. The number of rotatable bonds is 5. The molecule has 1 aliphatic rings. The maximum atomic E-state index is 13.3. The fraction of sp³-hybridized carbons (Fsp3) is 0.231. The van der Waals surface area contributed by atoms with E-state index in [1.807, 2.05) is 68.6 Å². The summed E-state index contributed by atoms with van der Waals surface area (Å²) in [6.45, 7) is 6.04. The highest BCUT2D eigenvalue weighted by Gasteiger charge is 2.46. The molecule has 1 fully saturated rings. The van der Waals surface area contributed by atoms with E-state index in [4.69, 9.17) is 4.74 Å². The van der Waals surface area contributed by atoms with Crippen molar-refractivity contribution in [2.24, 2.45) is 0 Å². The topological polar surface area (TPSA) is 66.8 Å². The lowest BCUT2D eigenvalue weighted by Crippen LogP contribution is -2.29. The number of ketones is 1. The van der Waals surface area contributed by atoms with Crippen molar-refractivity contribution in [3.05, 3.63) is 92.2 Å². The summed E-state index contributed by atoms with van der Waals surface area (Å²) in [5.74, 6) is -1.03. The molecule has 32 heavy (non-hydrogen) atoms. The van der Waals surface area contributed by atoms with Crippen molar-refractivity contribution in [3.63, 3.8) is 0 Å². The highest BCUT2D eigenvalue weighted by molar-refractivity contribution is 7.09. The number of ether oxygens (including phenoxy) is 1. The van der Waals surface area contributed by atoms with Gasteiger partial charge in [-0.15, -0.1) is 11.3 Å². The first-order chi connectivity index (χ1) is 15.3. The minimum Gasteiger partial charge on any atom is -0.507 e. The van der Waals surface area contributed by atoms with Crippen LogP contribution >= 0.6 is 11.3 Å². The molecule has 0 bridgehead atoms. The molecule has 2 heterocycles. The zero-order valence-corrected chi connectivity index (χ0v) is 19.3. The van der Waals surface area contributed by atoms with E-state index in [1.54, 1.807) is 11.0 Å². The summed E-state index contributed by atoms with van der Waals surface area (Å²) in [6, 6.07) is 14.5. The third-order valence-corrected chi connectivity index (χ3v) is 6.67. The second-order valence-corrected chi connectivity index (χ2v) is 9.06. The number of aliphatic hydroxyl groups excluding tert-OH is 1. The molecule has 1 aromatic heterocycles. The fourth-order valence-electron chi connectivity index (χ4n) is 4.38. The van der Waals surface area contributed by atoms with Gasteiger partial charge >= 0.3 is 0 Å². The average Bonchev–Trinajstić information content (AvgIpc) is 3.36. The summed E-state index contributed by atoms with van der Waals surface area (Å²) in [4.78, 5) is 29.0.